The van der Waals surface area contributed by atoms with E-state index in [1.54, 1.807) is 25.3 Å². The first-order chi connectivity index (χ1) is 8.70. The summed E-state index contributed by atoms with van der Waals surface area (Å²) in [5.74, 6) is 0.706. The molecule has 2 atom stereocenters. The van der Waals surface area contributed by atoms with E-state index in [0.717, 1.165) is 31.4 Å². The van der Waals surface area contributed by atoms with Crippen molar-refractivity contribution in [3.8, 4) is 5.75 Å². The van der Waals surface area contributed by atoms with Crippen molar-refractivity contribution in [2.75, 3.05) is 13.7 Å². The summed E-state index contributed by atoms with van der Waals surface area (Å²) in [7, 11) is 1.60. The van der Waals surface area contributed by atoms with Crippen LogP contribution in [0.4, 0.5) is 4.39 Å². The fourth-order valence-corrected chi connectivity index (χ4v) is 2.64. The fourth-order valence-electron chi connectivity index (χ4n) is 2.45. The maximum absolute atomic E-state index is 14.3. The summed E-state index contributed by atoms with van der Waals surface area (Å²) in [6.07, 6.45) is 2.61. The number of methoxy groups -OCH3 is 1. The Balaban J connectivity index is 2.05. The Morgan fingerprint density at radius 1 is 1.50 bits per heavy atom. The second-order valence-electron chi connectivity index (χ2n) is 4.73. The molecule has 1 aromatic rings. The molecule has 100 valence electrons. The van der Waals surface area contributed by atoms with Gasteiger partial charge in [-0.2, -0.15) is 0 Å². The number of nitrogens with one attached hydrogen (secondary N) is 1. The number of hydrogen-bond acceptors (Lipinski definition) is 2. The van der Waals surface area contributed by atoms with Crippen LogP contribution in [0.1, 0.15) is 24.8 Å². The van der Waals surface area contributed by atoms with E-state index < -0.39 is 6.17 Å². The summed E-state index contributed by atoms with van der Waals surface area (Å²) in [6.45, 7) is 0.914. The van der Waals surface area contributed by atoms with Crippen molar-refractivity contribution in [3.05, 3.63) is 28.8 Å². The van der Waals surface area contributed by atoms with Crippen LogP contribution in [0.5, 0.6) is 5.75 Å². The fraction of sp³-hybridized carbons (Fsp3) is 0.571. The molecule has 2 unspecified atom stereocenters. The third-order valence-corrected chi connectivity index (χ3v) is 3.68. The molecule has 4 heteroatoms. The number of halogens is 2. The van der Waals surface area contributed by atoms with Gasteiger partial charge < -0.3 is 10.1 Å². The highest BCUT2D eigenvalue weighted by Gasteiger charge is 2.24. The molecule has 0 aromatic heterocycles. The smallest absolute Gasteiger partial charge is 0.122 e. The zero-order valence-corrected chi connectivity index (χ0v) is 11.3. The predicted molar refractivity (Wildman–Crippen MR) is 72.2 cm³/mol. The van der Waals surface area contributed by atoms with Crippen LogP contribution in [-0.4, -0.2) is 25.9 Å². The van der Waals surface area contributed by atoms with Crippen LogP contribution < -0.4 is 10.1 Å². The monoisotopic (exact) mass is 271 g/mol. The van der Waals surface area contributed by atoms with Crippen molar-refractivity contribution >= 4 is 11.6 Å². The third-order valence-electron chi connectivity index (χ3n) is 3.44. The molecule has 1 aliphatic rings. The highest BCUT2D eigenvalue weighted by molar-refractivity contribution is 6.30. The molecular formula is C14H19ClFNO. The van der Waals surface area contributed by atoms with Crippen molar-refractivity contribution < 1.29 is 9.13 Å². The summed E-state index contributed by atoms with van der Waals surface area (Å²) in [6, 6.07) is 5.30. The molecule has 1 heterocycles. The normalized spacial score (nSPS) is 21.6. The number of hydrogen-bond donors (Lipinski definition) is 1. The van der Waals surface area contributed by atoms with Gasteiger partial charge in [0.1, 0.15) is 11.9 Å². The average molecular weight is 272 g/mol. The van der Waals surface area contributed by atoms with E-state index >= 15 is 0 Å². The molecule has 0 spiro atoms. The highest BCUT2D eigenvalue weighted by atomic mass is 35.5. The molecule has 0 saturated carbocycles. The largest absolute Gasteiger partial charge is 0.496 e. The Labute approximate surface area is 112 Å². The van der Waals surface area contributed by atoms with E-state index in [1.807, 2.05) is 0 Å². The molecule has 2 rings (SSSR count). The molecule has 0 radical (unpaired) electrons. The number of benzene rings is 1. The molecule has 18 heavy (non-hydrogen) atoms. The number of piperidine rings is 1. The molecule has 2 nitrogen and oxygen atoms in total. The van der Waals surface area contributed by atoms with Gasteiger partial charge >= 0.3 is 0 Å². The Hall–Kier alpha value is -0.800. The molecule has 0 bridgehead atoms. The molecule has 1 saturated heterocycles. The summed E-state index contributed by atoms with van der Waals surface area (Å²) >= 11 is 5.95. The maximum atomic E-state index is 14.3. The van der Waals surface area contributed by atoms with E-state index in [-0.39, 0.29) is 6.04 Å². The van der Waals surface area contributed by atoms with Gasteiger partial charge in [-0.15, -0.1) is 0 Å². The molecule has 1 N–H and O–H groups in total. The lowest BCUT2D eigenvalue weighted by Gasteiger charge is -2.27. The van der Waals surface area contributed by atoms with Gasteiger partial charge in [0.25, 0.3) is 0 Å². The summed E-state index contributed by atoms with van der Waals surface area (Å²) in [5, 5.41) is 3.86. The van der Waals surface area contributed by atoms with Gasteiger partial charge in [-0.05, 0) is 43.1 Å². The second-order valence-corrected chi connectivity index (χ2v) is 5.17. The lowest BCUT2D eigenvalue weighted by atomic mass is 9.96. The topological polar surface area (TPSA) is 21.3 Å². The van der Waals surface area contributed by atoms with Crippen LogP contribution in [-0.2, 0) is 6.42 Å². The Morgan fingerprint density at radius 2 is 2.33 bits per heavy atom. The maximum Gasteiger partial charge on any atom is 0.122 e. The van der Waals surface area contributed by atoms with Gasteiger partial charge in [-0.25, -0.2) is 4.39 Å². The molecule has 0 amide bonds. The molecule has 0 aliphatic carbocycles. The van der Waals surface area contributed by atoms with Crippen molar-refractivity contribution in [2.45, 2.75) is 37.9 Å². The van der Waals surface area contributed by atoms with Gasteiger partial charge in [-0.1, -0.05) is 18.0 Å². The van der Waals surface area contributed by atoms with Crippen LogP contribution >= 0.6 is 11.6 Å². The second kappa shape index (κ2) is 6.39. The Bertz CT molecular complexity index is 393. The van der Waals surface area contributed by atoms with Crippen LogP contribution in [0.2, 0.25) is 5.02 Å². The van der Waals surface area contributed by atoms with E-state index in [1.165, 1.54) is 0 Å². The lowest BCUT2D eigenvalue weighted by molar-refractivity contribution is 0.215. The van der Waals surface area contributed by atoms with Gasteiger partial charge in [-0.3, -0.25) is 0 Å². The summed E-state index contributed by atoms with van der Waals surface area (Å²) < 4.78 is 19.5. The van der Waals surface area contributed by atoms with Crippen molar-refractivity contribution in [1.29, 1.82) is 0 Å². The summed E-state index contributed by atoms with van der Waals surface area (Å²) in [5.41, 5.74) is 0.838. The standard InChI is InChI=1S/C14H19ClFNO/c1-18-14-6-5-11(15)8-10(14)9-12(16)13-4-2-3-7-17-13/h5-6,8,12-13,17H,2-4,7,9H2,1H3. The van der Waals surface area contributed by atoms with E-state index in [4.69, 9.17) is 16.3 Å². The molecule has 1 aromatic carbocycles. The molecular weight excluding hydrogens is 253 g/mol. The zero-order chi connectivity index (χ0) is 13.0. The number of ether oxygens (including phenoxy) is 1. The van der Waals surface area contributed by atoms with E-state index in [0.29, 0.717) is 17.2 Å². The van der Waals surface area contributed by atoms with Crippen LogP contribution in [0.15, 0.2) is 18.2 Å². The minimum atomic E-state index is -0.891. The zero-order valence-electron chi connectivity index (χ0n) is 10.6. The first-order valence-electron chi connectivity index (χ1n) is 6.40. The quantitative estimate of drug-likeness (QED) is 0.907. The Kier molecular flexibility index (Phi) is 4.84. The Morgan fingerprint density at radius 3 is 3.00 bits per heavy atom. The van der Waals surface area contributed by atoms with Crippen LogP contribution in [0.3, 0.4) is 0 Å². The van der Waals surface area contributed by atoms with E-state index in [2.05, 4.69) is 5.32 Å². The highest BCUT2D eigenvalue weighted by Crippen LogP contribution is 2.26. The number of rotatable bonds is 4. The molecule has 1 aliphatic heterocycles. The van der Waals surface area contributed by atoms with Gasteiger partial charge in [0.15, 0.2) is 0 Å². The van der Waals surface area contributed by atoms with E-state index in [9.17, 15) is 4.39 Å². The van der Waals surface area contributed by atoms with Crippen LogP contribution in [0.25, 0.3) is 0 Å². The minimum Gasteiger partial charge on any atom is -0.496 e. The van der Waals surface area contributed by atoms with Gasteiger partial charge in [0, 0.05) is 17.5 Å². The first kappa shape index (κ1) is 13.6. The van der Waals surface area contributed by atoms with Crippen LogP contribution in [0, 0.1) is 0 Å². The lowest BCUT2D eigenvalue weighted by Crippen LogP contribution is -2.42. The van der Waals surface area contributed by atoms with Gasteiger partial charge in [0.05, 0.1) is 7.11 Å². The van der Waals surface area contributed by atoms with Crippen molar-refractivity contribution in [1.82, 2.24) is 5.32 Å². The number of alkyl halides is 1. The van der Waals surface area contributed by atoms with Crippen molar-refractivity contribution in [2.24, 2.45) is 0 Å². The third kappa shape index (κ3) is 3.36. The predicted octanol–water partition coefficient (Wildman–Crippen LogP) is 3.37. The summed E-state index contributed by atoms with van der Waals surface area (Å²) in [4.78, 5) is 0. The first-order valence-corrected chi connectivity index (χ1v) is 6.78. The van der Waals surface area contributed by atoms with Crippen molar-refractivity contribution in [3.63, 3.8) is 0 Å². The van der Waals surface area contributed by atoms with Gasteiger partial charge in [0.2, 0.25) is 0 Å². The average Bonchev–Trinajstić information content (AvgIpc) is 2.40. The minimum absolute atomic E-state index is 0.0394. The SMILES string of the molecule is COc1ccc(Cl)cc1CC(F)C1CCCCN1. The molecule has 1 fully saturated rings.